The van der Waals surface area contributed by atoms with Gasteiger partial charge >= 0.3 is 0 Å². The van der Waals surface area contributed by atoms with E-state index in [0.717, 1.165) is 27.2 Å². The lowest BCUT2D eigenvalue weighted by molar-refractivity contribution is -0.305. The predicted octanol–water partition coefficient (Wildman–Crippen LogP) is 1.53. The first-order valence-electron chi connectivity index (χ1n) is 8.89. The van der Waals surface area contributed by atoms with E-state index in [1.807, 2.05) is 48.5 Å². The number of benzene rings is 2. The average Bonchev–Trinajstić information content (AvgIpc) is 2.92. The van der Waals surface area contributed by atoms with Crippen molar-refractivity contribution in [1.29, 1.82) is 0 Å². The summed E-state index contributed by atoms with van der Waals surface area (Å²) in [5.74, 6) is -3.18. The second-order valence-corrected chi connectivity index (χ2v) is 8.57. The van der Waals surface area contributed by atoms with Gasteiger partial charge in [0.2, 0.25) is 11.8 Å². The van der Waals surface area contributed by atoms with Gasteiger partial charge in [0.1, 0.15) is 0 Å². The summed E-state index contributed by atoms with van der Waals surface area (Å²) < 4.78 is -0.789. The van der Waals surface area contributed by atoms with Crippen LogP contribution < -0.4 is 5.11 Å². The molecule has 2 bridgehead atoms. The third kappa shape index (κ3) is 1.96. The molecule has 0 unspecified atom stereocenters. The van der Waals surface area contributed by atoms with Crippen molar-refractivity contribution in [3.8, 4) is 0 Å². The molecule has 0 radical (unpaired) electrons. The summed E-state index contributed by atoms with van der Waals surface area (Å²) >= 11 is 3.88. The highest BCUT2D eigenvalue weighted by Gasteiger charge is 2.67. The van der Waals surface area contributed by atoms with Crippen LogP contribution in [-0.2, 0) is 18.7 Å². The molecule has 5 nitrogen and oxygen atoms in total. The summed E-state index contributed by atoms with van der Waals surface area (Å²) in [5, 5.41) is 10.9. The van der Waals surface area contributed by atoms with Crippen molar-refractivity contribution in [3.05, 3.63) is 70.8 Å². The van der Waals surface area contributed by atoms with E-state index in [1.165, 1.54) is 0 Å². The van der Waals surface area contributed by atoms with Crippen LogP contribution in [-0.4, -0.2) is 29.2 Å². The molecular formula is C21H15BrNO4-. The molecule has 2 atom stereocenters. The van der Waals surface area contributed by atoms with E-state index < -0.39 is 22.1 Å². The van der Waals surface area contributed by atoms with Crippen LogP contribution in [0, 0.1) is 11.8 Å². The normalized spacial score (nSPS) is 30.1. The van der Waals surface area contributed by atoms with Crippen molar-refractivity contribution in [3.63, 3.8) is 0 Å². The third-order valence-corrected chi connectivity index (χ3v) is 7.49. The lowest BCUT2D eigenvalue weighted by atomic mass is 9.55. The van der Waals surface area contributed by atoms with E-state index in [0.29, 0.717) is 0 Å². The highest BCUT2D eigenvalue weighted by molar-refractivity contribution is 9.09. The van der Waals surface area contributed by atoms with Crippen molar-refractivity contribution in [2.75, 3.05) is 6.54 Å². The van der Waals surface area contributed by atoms with Crippen LogP contribution in [0.25, 0.3) is 0 Å². The zero-order chi connectivity index (χ0) is 18.9. The van der Waals surface area contributed by atoms with Crippen molar-refractivity contribution in [1.82, 2.24) is 4.90 Å². The lowest BCUT2D eigenvalue weighted by Gasteiger charge is -2.51. The average molecular weight is 425 g/mol. The minimum Gasteiger partial charge on any atom is -0.550 e. The number of imide groups is 1. The molecule has 6 heteroatoms. The second-order valence-electron chi connectivity index (χ2n) is 7.32. The lowest BCUT2D eigenvalue weighted by Crippen LogP contribution is -2.50. The zero-order valence-corrected chi connectivity index (χ0v) is 15.8. The van der Waals surface area contributed by atoms with Gasteiger partial charge in [-0.05, 0) is 22.3 Å². The van der Waals surface area contributed by atoms with E-state index in [9.17, 15) is 19.5 Å². The van der Waals surface area contributed by atoms with Gasteiger partial charge in [0, 0.05) is 24.9 Å². The van der Waals surface area contributed by atoms with Crippen molar-refractivity contribution in [2.24, 2.45) is 11.8 Å². The number of amides is 2. The predicted molar refractivity (Wildman–Crippen MR) is 97.8 cm³/mol. The minimum absolute atomic E-state index is 0.143. The summed E-state index contributed by atoms with van der Waals surface area (Å²) in [6, 6.07) is 15.8. The number of hydrogen-bond acceptors (Lipinski definition) is 4. The van der Waals surface area contributed by atoms with Gasteiger partial charge in [0.25, 0.3) is 0 Å². The maximum atomic E-state index is 13.2. The molecule has 136 valence electrons. The number of alkyl halides is 1. The Morgan fingerprint density at radius 1 is 1.00 bits per heavy atom. The number of likely N-dealkylation sites (tertiary alicyclic amines) is 1. The third-order valence-electron chi connectivity index (χ3n) is 6.15. The highest BCUT2D eigenvalue weighted by Crippen LogP contribution is 2.66. The summed E-state index contributed by atoms with van der Waals surface area (Å²) in [7, 11) is 0. The van der Waals surface area contributed by atoms with Gasteiger partial charge in [-0.25, -0.2) is 0 Å². The fourth-order valence-corrected chi connectivity index (χ4v) is 6.37. The van der Waals surface area contributed by atoms with E-state index in [2.05, 4.69) is 15.9 Å². The number of hydrogen-bond donors (Lipinski definition) is 0. The van der Waals surface area contributed by atoms with E-state index in [1.54, 1.807) is 0 Å². The van der Waals surface area contributed by atoms with Gasteiger partial charge in [-0.1, -0.05) is 64.5 Å². The van der Waals surface area contributed by atoms with Gasteiger partial charge in [0.15, 0.2) is 0 Å². The number of carbonyl (C=O) groups is 3. The Balaban J connectivity index is 1.73. The maximum Gasteiger partial charge on any atom is 0.235 e. The molecule has 0 saturated carbocycles. The monoisotopic (exact) mass is 424 g/mol. The Kier molecular flexibility index (Phi) is 3.41. The van der Waals surface area contributed by atoms with Gasteiger partial charge in [-0.15, -0.1) is 0 Å². The van der Waals surface area contributed by atoms with E-state index in [4.69, 9.17) is 0 Å². The molecule has 27 heavy (non-hydrogen) atoms. The molecule has 2 aromatic carbocycles. The number of carbonyl (C=O) groups excluding carboxylic acids is 3. The van der Waals surface area contributed by atoms with E-state index in [-0.39, 0.29) is 30.7 Å². The molecule has 6 rings (SSSR count). The van der Waals surface area contributed by atoms with Crippen LogP contribution in [0.5, 0.6) is 0 Å². The van der Waals surface area contributed by atoms with Crippen LogP contribution in [0.2, 0.25) is 0 Å². The number of carboxylic acid groups (broad SMARTS) is 1. The first-order valence-corrected chi connectivity index (χ1v) is 9.68. The summed E-state index contributed by atoms with van der Waals surface area (Å²) in [5.41, 5.74) is 4.13. The summed E-state index contributed by atoms with van der Waals surface area (Å²) in [6.07, 6.45) is -0.350. The Hall–Kier alpha value is -2.47. The maximum absolute atomic E-state index is 13.2. The standard InChI is InChI=1S/C21H16BrNO4/c22-21-13-7-3-1-5-11(13)16(12-6-2-4-8-14(12)21)17-18(21)20(27)23(19(17)26)10-9-15(24)25/h1-8,16-18H,9-10H2,(H,24,25)/p-1/t16?,17-,18-,21?/m0/s1. The molecule has 4 aliphatic rings. The van der Waals surface area contributed by atoms with Crippen molar-refractivity contribution >= 4 is 33.7 Å². The molecule has 0 N–H and O–H groups in total. The smallest absolute Gasteiger partial charge is 0.235 e. The molecule has 0 spiro atoms. The molecule has 1 aliphatic heterocycles. The quantitative estimate of drug-likeness (QED) is 0.552. The van der Waals surface area contributed by atoms with Crippen LogP contribution in [0.3, 0.4) is 0 Å². The topological polar surface area (TPSA) is 77.5 Å². The number of halogens is 1. The Morgan fingerprint density at radius 3 is 2.11 bits per heavy atom. The molecule has 1 fully saturated rings. The van der Waals surface area contributed by atoms with Crippen LogP contribution >= 0.6 is 15.9 Å². The SMILES string of the molecule is O=C([O-])CCN1C(=O)[C@@H]2[C@@H](C1=O)C1c3ccccc3C2(Br)c2ccccc21. The van der Waals surface area contributed by atoms with Gasteiger partial charge < -0.3 is 9.90 Å². The molecule has 1 saturated heterocycles. The van der Waals surface area contributed by atoms with Crippen LogP contribution in [0.1, 0.15) is 34.6 Å². The summed E-state index contributed by atoms with van der Waals surface area (Å²) in [6.45, 7) is -0.143. The largest absolute Gasteiger partial charge is 0.550 e. The first-order chi connectivity index (χ1) is 13.0. The number of aliphatic carboxylic acids is 1. The number of carboxylic acids is 1. The van der Waals surface area contributed by atoms with E-state index >= 15 is 0 Å². The van der Waals surface area contributed by atoms with Crippen molar-refractivity contribution < 1.29 is 19.5 Å². The van der Waals surface area contributed by atoms with Gasteiger partial charge in [0.05, 0.1) is 16.2 Å². The molecule has 2 amide bonds. The fourth-order valence-electron chi connectivity index (χ4n) is 5.16. The van der Waals surface area contributed by atoms with Crippen LogP contribution in [0.4, 0.5) is 0 Å². The molecule has 2 aromatic rings. The Labute approximate surface area is 164 Å². The number of rotatable bonds is 3. The highest BCUT2D eigenvalue weighted by atomic mass is 79.9. The van der Waals surface area contributed by atoms with Gasteiger partial charge in [-0.2, -0.15) is 0 Å². The van der Waals surface area contributed by atoms with Crippen LogP contribution in [0.15, 0.2) is 48.5 Å². The first kappa shape index (κ1) is 16.7. The molecule has 1 heterocycles. The number of nitrogens with zero attached hydrogens (tertiary/aromatic N) is 1. The summed E-state index contributed by atoms with van der Waals surface area (Å²) in [4.78, 5) is 38.4. The Bertz CT molecular complexity index is 969. The molecular weight excluding hydrogens is 410 g/mol. The molecule has 0 aromatic heterocycles. The van der Waals surface area contributed by atoms with Gasteiger partial charge in [-0.3, -0.25) is 14.5 Å². The minimum atomic E-state index is -1.27. The zero-order valence-electron chi connectivity index (χ0n) is 14.2. The Morgan fingerprint density at radius 2 is 1.56 bits per heavy atom. The second kappa shape index (κ2) is 5.52. The molecule has 3 aliphatic carbocycles. The van der Waals surface area contributed by atoms with Crippen molar-refractivity contribution in [2.45, 2.75) is 16.7 Å². The fraction of sp³-hybridized carbons (Fsp3) is 0.286.